The van der Waals surface area contributed by atoms with Gasteiger partial charge < -0.3 is 0 Å². The zero-order valence-electron chi connectivity index (χ0n) is 6.99. The van der Waals surface area contributed by atoms with E-state index in [4.69, 9.17) is 5.14 Å². The summed E-state index contributed by atoms with van der Waals surface area (Å²) in [5, 5.41) is 8.07. The number of sulfonamides is 1. The number of nitrogens with two attached hydrogens (primary N) is 1. The smallest absolute Gasteiger partial charge is 0.249 e. The lowest BCUT2D eigenvalue weighted by atomic mass is 10.6. The topological polar surface area (TPSA) is 78.0 Å². The van der Waals surface area contributed by atoms with Crippen molar-refractivity contribution in [2.45, 2.75) is 17.6 Å². The fraction of sp³-hybridized carbons (Fsp3) is 0.400. The van der Waals surface area contributed by atoms with Gasteiger partial charge in [0.25, 0.3) is 0 Å². The van der Waals surface area contributed by atoms with Crippen LogP contribution in [0, 0.1) is 3.70 Å². The van der Waals surface area contributed by atoms with Gasteiger partial charge in [-0.1, -0.05) is 0 Å². The molecule has 1 aromatic rings. The predicted octanol–water partition coefficient (Wildman–Crippen LogP) is 0.697. The van der Waals surface area contributed by atoms with E-state index >= 15 is 0 Å². The van der Waals surface area contributed by atoms with Gasteiger partial charge in [-0.15, -0.1) is 0 Å². The molecule has 5 nitrogen and oxygen atoms in total. The SMILES string of the molecule is NS(=O)(=O)c1cnn(CC(F)(F)F)c1I. The molecule has 0 unspecified atom stereocenters. The van der Waals surface area contributed by atoms with E-state index in [-0.39, 0.29) is 3.70 Å². The molecule has 0 aliphatic heterocycles. The molecule has 0 aromatic carbocycles. The van der Waals surface area contributed by atoms with Crippen LogP contribution in [0.1, 0.15) is 0 Å². The van der Waals surface area contributed by atoms with Crippen molar-refractivity contribution < 1.29 is 21.6 Å². The summed E-state index contributed by atoms with van der Waals surface area (Å²) in [5.41, 5.74) is 0. The van der Waals surface area contributed by atoms with E-state index in [0.29, 0.717) is 4.68 Å². The first-order valence-corrected chi connectivity index (χ1v) is 6.04. The zero-order valence-corrected chi connectivity index (χ0v) is 9.97. The van der Waals surface area contributed by atoms with Gasteiger partial charge in [0.2, 0.25) is 10.0 Å². The predicted molar refractivity (Wildman–Crippen MR) is 52.4 cm³/mol. The first-order chi connectivity index (χ1) is 6.61. The quantitative estimate of drug-likeness (QED) is 0.794. The van der Waals surface area contributed by atoms with Crippen LogP contribution in [0.15, 0.2) is 11.1 Å². The van der Waals surface area contributed by atoms with Crippen LogP contribution < -0.4 is 5.14 Å². The van der Waals surface area contributed by atoms with Crippen LogP contribution in [0.4, 0.5) is 13.2 Å². The van der Waals surface area contributed by atoms with E-state index in [2.05, 4.69) is 5.10 Å². The first-order valence-electron chi connectivity index (χ1n) is 3.42. The second kappa shape index (κ2) is 3.90. The molecule has 0 spiro atoms. The normalized spacial score (nSPS) is 13.1. The summed E-state index contributed by atoms with van der Waals surface area (Å²) in [7, 11) is -4.03. The van der Waals surface area contributed by atoms with Gasteiger partial charge in [0.05, 0.1) is 6.20 Å². The fourth-order valence-corrected chi connectivity index (χ4v) is 2.71. The maximum atomic E-state index is 12.0. The lowest BCUT2D eigenvalue weighted by molar-refractivity contribution is -0.143. The molecule has 0 amide bonds. The molecule has 86 valence electrons. The number of nitrogens with zero attached hydrogens (tertiary/aromatic N) is 2. The highest BCUT2D eigenvalue weighted by molar-refractivity contribution is 14.1. The second-order valence-corrected chi connectivity index (χ2v) is 5.17. The summed E-state index contributed by atoms with van der Waals surface area (Å²) in [5.74, 6) is 0. The third-order valence-electron chi connectivity index (χ3n) is 1.38. The van der Waals surface area contributed by atoms with Crippen molar-refractivity contribution in [2.24, 2.45) is 5.14 Å². The lowest BCUT2D eigenvalue weighted by Gasteiger charge is -2.07. The van der Waals surface area contributed by atoms with Gasteiger partial charge in [-0.2, -0.15) is 18.3 Å². The van der Waals surface area contributed by atoms with Crippen molar-refractivity contribution >= 4 is 32.6 Å². The van der Waals surface area contributed by atoms with Crippen molar-refractivity contribution in [1.82, 2.24) is 9.78 Å². The van der Waals surface area contributed by atoms with Crippen molar-refractivity contribution in [1.29, 1.82) is 0 Å². The van der Waals surface area contributed by atoms with Gasteiger partial charge in [-0.3, -0.25) is 0 Å². The van der Waals surface area contributed by atoms with Crippen LogP contribution in [0.2, 0.25) is 0 Å². The summed E-state index contributed by atoms with van der Waals surface area (Å²) < 4.78 is 58.1. The number of alkyl halides is 3. The monoisotopic (exact) mass is 355 g/mol. The van der Waals surface area contributed by atoms with Crippen LogP contribution in [0.3, 0.4) is 0 Å². The number of aromatic nitrogens is 2. The van der Waals surface area contributed by atoms with E-state index in [9.17, 15) is 21.6 Å². The summed E-state index contributed by atoms with van der Waals surface area (Å²) >= 11 is 1.44. The molecule has 0 aliphatic carbocycles. The minimum atomic E-state index is -4.46. The van der Waals surface area contributed by atoms with Crippen molar-refractivity contribution in [3.8, 4) is 0 Å². The molecule has 1 rings (SSSR count). The first kappa shape index (κ1) is 12.7. The van der Waals surface area contributed by atoms with Crippen molar-refractivity contribution in [3.05, 3.63) is 9.90 Å². The van der Waals surface area contributed by atoms with E-state index in [1.807, 2.05) is 0 Å². The minimum absolute atomic E-state index is 0.160. The Morgan fingerprint density at radius 1 is 1.53 bits per heavy atom. The third-order valence-corrected chi connectivity index (χ3v) is 3.80. The molecule has 1 aromatic heterocycles. The Hall–Kier alpha value is -0.360. The summed E-state index contributed by atoms with van der Waals surface area (Å²) in [6.45, 7) is -1.35. The molecule has 0 aliphatic rings. The number of primary sulfonamides is 1. The van der Waals surface area contributed by atoms with Gasteiger partial charge in [0.15, 0.2) is 0 Å². The standard InChI is InChI=1S/C5H5F3IN3O2S/c6-5(7,8)2-12-4(9)3(1-11-12)15(10,13)14/h1H,2H2,(H2,10,13,14). The molecule has 1 heterocycles. The lowest BCUT2D eigenvalue weighted by Crippen LogP contribution is -2.20. The van der Waals surface area contributed by atoms with Gasteiger partial charge in [0, 0.05) is 0 Å². The Labute approximate surface area is 96.6 Å². The highest BCUT2D eigenvalue weighted by Crippen LogP contribution is 2.22. The van der Waals surface area contributed by atoms with Crippen LogP contribution in [-0.2, 0) is 16.6 Å². The average Bonchev–Trinajstić information content (AvgIpc) is 2.27. The minimum Gasteiger partial charge on any atom is -0.249 e. The zero-order chi connectivity index (χ0) is 11.9. The Morgan fingerprint density at radius 3 is 2.40 bits per heavy atom. The molecule has 15 heavy (non-hydrogen) atoms. The maximum absolute atomic E-state index is 12.0. The Balaban J connectivity index is 3.11. The van der Waals surface area contributed by atoms with Gasteiger partial charge >= 0.3 is 6.18 Å². The molecular formula is C5H5F3IN3O2S. The molecule has 0 saturated heterocycles. The van der Waals surface area contributed by atoms with Crippen molar-refractivity contribution in [2.75, 3.05) is 0 Å². The highest BCUT2D eigenvalue weighted by atomic mass is 127. The van der Waals surface area contributed by atoms with Gasteiger partial charge in [-0.25, -0.2) is 18.2 Å². The molecule has 0 radical (unpaired) electrons. The molecule has 10 heteroatoms. The second-order valence-electron chi connectivity index (χ2n) is 2.62. The largest absolute Gasteiger partial charge is 0.408 e. The van der Waals surface area contributed by atoms with E-state index < -0.39 is 27.6 Å². The van der Waals surface area contributed by atoms with Crippen LogP contribution in [-0.4, -0.2) is 24.4 Å². The van der Waals surface area contributed by atoms with Crippen molar-refractivity contribution in [3.63, 3.8) is 0 Å². The van der Waals surface area contributed by atoms with E-state index in [1.54, 1.807) is 0 Å². The van der Waals surface area contributed by atoms with E-state index in [1.165, 1.54) is 22.6 Å². The fourth-order valence-electron chi connectivity index (χ4n) is 0.824. The van der Waals surface area contributed by atoms with Gasteiger partial charge in [-0.05, 0) is 22.6 Å². The number of hydrogen-bond donors (Lipinski definition) is 1. The number of rotatable bonds is 2. The Kier molecular flexibility index (Phi) is 3.30. The van der Waals surface area contributed by atoms with Gasteiger partial charge in [0.1, 0.15) is 15.1 Å². The summed E-state index contributed by atoms with van der Waals surface area (Å²) in [4.78, 5) is -0.410. The summed E-state index contributed by atoms with van der Waals surface area (Å²) in [6.07, 6.45) is -3.66. The molecule has 0 saturated carbocycles. The number of halogens is 4. The highest BCUT2D eigenvalue weighted by Gasteiger charge is 2.30. The molecular weight excluding hydrogens is 350 g/mol. The Bertz CT molecular complexity index is 466. The van der Waals surface area contributed by atoms with E-state index in [0.717, 1.165) is 6.20 Å². The maximum Gasteiger partial charge on any atom is 0.408 e. The van der Waals surface area contributed by atoms with Crippen LogP contribution in [0.25, 0.3) is 0 Å². The van der Waals surface area contributed by atoms with Crippen LogP contribution in [0.5, 0.6) is 0 Å². The van der Waals surface area contributed by atoms with Crippen LogP contribution >= 0.6 is 22.6 Å². The third kappa shape index (κ3) is 3.31. The molecule has 0 atom stereocenters. The molecule has 0 fully saturated rings. The average molecular weight is 355 g/mol. The molecule has 2 N–H and O–H groups in total. The number of hydrogen-bond acceptors (Lipinski definition) is 3. The Morgan fingerprint density at radius 2 is 2.07 bits per heavy atom. The molecule has 0 bridgehead atoms. The summed E-state index contributed by atoms with van der Waals surface area (Å²) in [6, 6.07) is 0.